The molecule has 120 valence electrons. The lowest BCUT2D eigenvalue weighted by molar-refractivity contribution is -0.145. The number of hydrogen-bond acceptors (Lipinski definition) is 5. The van der Waals surface area contributed by atoms with Crippen molar-refractivity contribution < 1.29 is 23.9 Å². The van der Waals surface area contributed by atoms with Crippen LogP contribution in [0.2, 0.25) is 10.0 Å². The number of nitrogens with zero attached hydrogens (tertiary/aromatic N) is 2. The number of hydrogen-bond donors (Lipinski definition) is 1. The molecule has 0 saturated heterocycles. The van der Waals surface area contributed by atoms with Gasteiger partial charge in [-0.1, -0.05) is 23.2 Å². The Labute approximate surface area is 139 Å². The third-order valence-electron chi connectivity index (χ3n) is 2.66. The Balaban J connectivity index is 2.44. The molecule has 0 aromatic heterocycles. The smallest absolute Gasteiger partial charge is 0.338 e. The van der Waals surface area contributed by atoms with Crippen LogP contribution in [0, 0.1) is 0 Å². The first-order valence-electron chi connectivity index (χ1n) is 6.32. The summed E-state index contributed by atoms with van der Waals surface area (Å²) in [6.07, 6.45) is -0.560. The van der Waals surface area contributed by atoms with Crippen LogP contribution in [0.1, 0.15) is 13.3 Å². The van der Waals surface area contributed by atoms with Crippen LogP contribution in [0.4, 0.5) is 5.69 Å². The zero-order valence-corrected chi connectivity index (χ0v) is 13.2. The number of fused-ring (bicyclic) bond motifs is 1. The van der Waals surface area contributed by atoms with Gasteiger partial charge in [-0.05, 0) is 13.0 Å². The summed E-state index contributed by atoms with van der Waals surface area (Å²) in [5, 5.41) is 2.13. The topological polar surface area (TPSA) is 114 Å². The van der Waals surface area contributed by atoms with Crippen molar-refractivity contribution in [2.24, 2.45) is 9.98 Å². The number of esters is 1. The molecule has 0 aliphatic carbocycles. The second-order valence-corrected chi connectivity index (χ2v) is 5.06. The lowest BCUT2D eigenvalue weighted by atomic mass is 10.2. The van der Waals surface area contributed by atoms with Crippen LogP contribution in [0.5, 0.6) is 0 Å². The van der Waals surface area contributed by atoms with Crippen LogP contribution in [0.3, 0.4) is 0 Å². The molecule has 0 unspecified atom stereocenters. The van der Waals surface area contributed by atoms with E-state index in [0.29, 0.717) is 0 Å². The van der Waals surface area contributed by atoms with Crippen molar-refractivity contribution in [3.63, 3.8) is 0 Å². The highest BCUT2D eigenvalue weighted by molar-refractivity contribution is 6.44. The molecular formula is C13H9Cl2N3O5. The van der Waals surface area contributed by atoms with Crippen molar-refractivity contribution in [3.8, 4) is 0 Å². The lowest BCUT2D eigenvalue weighted by Gasteiger charge is -2.10. The van der Waals surface area contributed by atoms with Crippen molar-refractivity contribution in [1.29, 1.82) is 0 Å². The number of carbonyl (C=O) groups excluding carboxylic acids is 4. The summed E-state index contributed by atoms with van der Waals surface area (Å²) >= 11 is 11.9. The molecule has 1 aromatic carbocycles. The highest BCUT2D eigenvalue weighted by Gasteiger charge is 2.21. The molecular weight excluding hydrogens is 349 g/mol. The van der Waals surface area contributed by atoms with E-state index in [2.05, 4.69) is 20.0 Å². The zero-order valence-electron chi connectivity index (χ0n) is 11.7. The normalized spacial score (nSPS) is 12.8. The molecule has 3 amide bonds. The first-order chi connectivity index (χ1) is 10.8. The fourth-order valence-electron chi connectivity index (χ4n) is 1.75. The molecule has 1 aliphatic heterocycles. The van der Waals surface area contributed by atoms with Crippen LogP contribution in [-0.4, -0.2) is 30.3 Å². The van der Waals surface area contributed by atoms with Crippen molar-refractivity contribution in [3.05, 3.63) is 26.8 Å². The number of amides is 3. The molecule has 0 saturated carbocycles. The van der Waals surface area contributed by atoms with E-state index >= 15 is 0 Å². The van der Waals surface area contributed by atoms with Crippen molar-refractivity contribution in [2.45, 2.75) is 13.3 Å². The number of ether oxygens (including phenoxy) is 1. The minimum Gasteiger partial charge on any atom is -0.466 e. The van der Waals surface area contributed by atoms with Gasteiger partial charge in [0.05, 0.1) is 27.7 Å². The molecule has 0 fully saturated rings. The van der Waals surface area contributed by atoms with Crippen LogP contribution >= 0.6 is 23.2 Å². The molecule has 2 rings (SSSR count). The second-order valence-electron chi connectivity index (χ2n) is 4.28. The average molecular weight is 358 g/mol. The van der Waals surface area contributed by atoms with E-state index in [1.54, 1.807) is 6.92 Å². The Bertz CT molecular complexity index is 850. The van der Waals surface area contributed by atoms with Crippen LogP contribution in [0.25, 0.3) is 0 Å². The van der Waals surface area contributed by atoms with Gasteiger partial charge in [-0.25, -0.2) is 9.98 Å². The Hall–Kier alpha value is -2.32. The van der Waals surface area contributed by atoms with Crippen LogP contribution in [0.15, 0.2) is 16.1 Å². The molecule has 1 aliphatic rings. The standard InChI is InChI=1S/C13H9Cl2N3O5/c1-2-23-8(20)4-7(19)17-11-9(15)5(14)3-6-10(11)18-13(22)12(21)16-6/h3H,2,4H2,1H3,(H,17,19). The fraction of sp³-hybridized carbons (Fsp3) is 0.231. The molecule has 1 heterocycles. The van der Waals surface area contributed by atoms with E-state index in [4.69, 9.17) is 23.2 Å². The Morgan fingerprint density at radius 3 is 2.52 bits per heavy atom. The summed E-state index contributed by atoms with van der Waals surface area (Å²) in [5.74, 6) is -3.63. The maximum atomic E-state index is 11.9. The Morgan fingerprint density at radius 1 is 1.22 bits per heavy atom. The van der Waals surface area contributed by atoms with E-state index in [-0.39, 0.29) is 33.1 Å². The first-order valence-corrected chi connectivity index (χ1v) is 7.08. The summed E-state index contributed by atoms with van der Waals surface area (Å²) in [7, 11) is 0. The minimum absolute atomic E-state index is 0.00190. The van der Waals surface area contributed by atoms with Gasteiger partial charge in [-0.15, -0.1) is 0 Å². The van der Waals surface area contributed by atoms with E-state index < -0.39 is 30.1 Å². The van der Waals surface area contributed by atoms with Crippen molar-refractivity contribution >= 4 is 52.6 Å². The predicted molar refractivity (Wildman–Crippen MR) is 78.7 cm³/mol. The molecule has 0 radical (unpaired) electrons. The van der Waals surface area contributed by atoms with Crippen LogP contribution in [-0.2, 0) is 23.9 Å². The number of anilines is 1. The van der Waals surface area contributed by atoms with Crippen molar-refractivity contribution in [2.75, 3.05) is 11.9 Å². The number of benzene rings is 1. The summed E-state index contributed by atoms with van der Waals surface area (Å²) in [5.41, 5.74) is -0.104. The van der Waals surface area contributed by atoms with Gasteiger partial charge in [0.15, 0.2) is 0 Å². The molecule has 8 nitrogen and oxygen atoms in total. The molecule has 0 bridgehead atoms. The SMILES string of the molecule is CCOC(=O)CC(=O)Nc1c(Cl)c(Cl)cc2c1=NC(=O)C(=O)N=2. The van der Waals surface area contributed by atoms with Gasteiger partial charge in [-0.3, -0.25) is 19.2 Å². The fourth-order valence-corrected chi connectivity index (χ4v) is 2.14. The zero-order chi connectivity index (χ0) is 17.1. The monoisotopic (exact) mass is 357 g/mol. The van der Waals surface area contributed by atoms with Gasteiger partial charge in [0.1, 0.15) is 11.8 Å². The Morgan fingerprint density at radius 2 is 1.87 bits per heavy atom. The number of rotatable bonds is 4. The van der Waals surface area contributed by atoms with Gasteiger partial charge in [0.2, 0.25) is 5.91 Å². The second kappa shape index (κ2) is 6.84. The summed E-state index contributed by atoms with van der Waals surface area (Å²) < 4.78 is 4.65. The predicted octanol–water partition coefficient (Wildman–Crippen LogP) is 0.191. The molecule has 23 heavy (non-hydrogen) atoms. The minimum atomic E-state index is -1.10. The van der Waals surface area contributed by atoms with Gasteiger partial charge in [0.25, 0.3) is 0 Å². The summed E-state index contributed by atoms with van der Waals surface area (Å²) in [4.78, 5) is 52.9. The number of halogens is 2. The largest absolute Gasteiger partial charge is 0.466 e. The highest BCUT2D eigenvalue weighted by Crippen LogP contribution is 2.25. The maximum Gasteiger partial charge on any atom is 0.338 e. The quantitative estimate of drug-likeness (QED) is 0.469. The molecule has 1 aromatic rings. The molecule has 0 spiro atoms. The van der Waals surface area contributed by atoms with E-state index in [1.807, 2.05) is 0 Å². The Kier molecular flexibility index (Phi) is 5.07. The lowest BCUT2D eigenvalue weighted by Crippen LogP contribution is -2.37. The highest BCUT2D eigenvalue weighted by atomic mass is 35.5. The van der Waals surface area contributed by atoms with E-state index in [0.717, 1.165) is 0 Å². The summed E-state index contributed by atoms with van der Waals surface area (Å²) in [6.45, 7) is 1.73. The van der Waals surface area contributed by atoms with Crippen LogP contribution < -0.4 is 16.0 Å². The third kappa shape index (κ3) is 3.72. The number of carbonyl (C=O) groups is 4. The first kappa shape index (κ1) is 17.0. The van der Waals surface area contributed by atoms with Gasteiger partial charge >= 0.3 is 17.8 Å². The van der Waals surface area contributed by atoms with Crippen molar-refractivity contribution in [1.82, 2.24) is 0 Å². The van der Waals surface area contributed by atoms with Gasteiger partial charge in [-0.2, -0.15) is 0 Å². The summed E-state index contributed by atoms with van der Waals surface area (Å²) in [6, 6.07) is 1.24. The molecule has 10 heteroatoms. The molecule has 1 N–H and O–H groups in total. The van der Waals surface area contributed by atoms with E-state index in [1.165, 1.54) is 6.07 Å². The third-order valence-corrected chi connectivity index (χ3v) is 3.45. The maximum absolute atomic E-state index is 11.9. The van der Waals surface area contributed by atoms with Gasteiger partial charge in [0, 0.05) is 0 Å². The average Bonchev–Trinajstić information content (AvgIpc) is 2.46. The van der Waals surface area contributed by atoms with E-state index in [9.17, 15) is 19.2 Å². The number of nitrogens with one attached hydrogen (secondary N) is 1. The molecule has 0 atom stereocenters. The van der Waals surface area contributed by atoms with Gasteiger partial charge < -0.3 is 10.1 Å².